The van der Waals surface area contributed by atoms with Gasteiger partial charge in [-0.3, -0.25) is 4.79 Å². The van der Waals surface area contributed by atoms with Crippen LogP contribution in [0.4, 0.5) is 0 Å². The maximum Gasteiger partial charge on any atom is 0.327 e. The molecule has 128 valence electrons. The van der Waals surface area contributed by atoms with E-state index in [9.17, 15) is 23.1 Å². The van der Waals surface area contributed by atoms with E-state index in [-0.39, 0.29) is 23.0 Å². The predicted octanol–water partition coefficient (Wildman–Crippen LogP) is 1.16. The second-order valence-corrected chi connectivity index (χ2v) is 8.31. The van der Waals surface area contributed by atoms with E-state index in [1.165, 1.54) is 0 Å². The molecule has 0 aliphatic carbocycles. The van der Waals surface area contributed by atoms with Gasteiger partial charge in [-0.05, 0) is 6.07 Å². The number of hydrogen-bond donors (Lipinski definition) is 1. The van der Waals surface area contributed by atoms with E-state index < -0.39 is 33.5 Å². The monoisotopic (exact) mass is 370 g/mol. The van der Waals surface area contributed by atoms with Gasteiger partial charge in [0.15, 0.2) is 9.84 Å². The number of rotatable bonds is 2. The van der Waals surface area contributed by atoms with Gasteiger partial charge in [-0.25, -0.2) is 13.2 Å². The number of carbonyl (C=O) groups is 2. The SMILES string of the molecule is Cn1c(C(=O)N2CCS(=O)(=O)CC2C(=O)O)c(Cl)c2ccccc21. The summed E-state index contributed by atoms with van der Waals surface area (Å²) in [5, 5.41) is 10.2. The standard InChI is InChI=1S/C15H15ClN2O5S/c1-17-10-5-3-2-4-9(10)12(16)13(17)14(19)18-6-7-24(22,23)8-11(18)15(20)21/h2-5,11H,6-8H2,1H3,(H,20,21). The molecule has 3 rings (SSSR count). The van der Waals surface area contributed by atoms with Crippen molar-refractivity contribution >= 4 is 44.2 Å². The largest absolute Gasteiger partial charge is 0.480 e. The first kappa shape index (κ1) is 16.8. The quantitative estimate of drug-likeness (QED) is 0.855. The molecule has 0 spiro atoms. The number of carboxylic acids is 1. The Morgan fingerprint density at radius 1 is 1.29 bits per heavy atom. The summed E-state index contributed by atoms with van der Waals surface area (Å²) in [5.41, 5.74) is 0.894. The number of hydrogen-bond acceptors (Lipinski definition) is 4. The van der Waals surface area contributed by atoms with E-state index in [1.807, 2.05) is 0 Å². The van der Waals surface area contributed by atoms with Crippen LogP contribution in [0.2, 0.25) is 5.02 Å². The molecule has 1 amide bonds. The van der Waals surface area contributed by atoms with Crippen LogP contribution >= 0.6 is 11.6 Å². The lowest BCUT2D eigenvalue weighted by Crippen LogP contribution is -2.55. The Morgan fingerprint density at radius 3 is 2.58 bits per heavy atom. The van der Waals surface area contributed by atoms with Crippen molar-refractivity contribution in [2.24, 2.45) is 7.05 Å². The van der Waals surface area contributed by atoms with Gasteiger partial charge in [0.05, 0.1) is 16.5 Å². The van der Waals surface area contributed by atoms with Crippen molar-refractivity contribution in [1.29, 1.82) is 0 Å². The number of aryl methyl sites for hydroxylation is 1. The Labute approximate surface area is 143 Å². The highest BCUT2D eigenvalue weighted by Crippen LogP contribution is 2.31. The number of benzene rings is 1. The summed E-state index contributed by atoms with van der Waals surface area (Å²) in [6, 6.07) is 5.75. The van der Waals surface area contributed by atoms with E-state index >= 15 is 0 Å². The predicted molar refractivity (Wildman–Crippen MR) is 89.0 cm³/mol. The van der Waals surface area contributed by atoms with Gasteiger partial charge in [0.1, 0.15) is 11.7 Å². The molecular formula is C15H15ClN2O5S. The van der Waals surface area contributed by atoms with Gasteiger partial charge in [0, 0.05) is 24.5 Å². The number of para-hydroxylation sites is 1. The van der Waals surface area contributed by atoms with Gasteiger partial charge in [0.25, 0.3) is 5.91 Å². The number of amides is 1. The molecule has 1 atom stereocenters. The Balaban J connectivity index is 2.07. The smallest absolute Gasteiger partial charge is 0.327 e. The van der Waals surface area contributed by atoms with Crippen LogP contribution in [0, 0.1) is 0 Å². The third-order valence-electron chi connectivity index (χ3n) is 4.22. The first-order chi connectivity index (χ1) is 11.2. The first-order valence-electron chi connectivity index (χ1n) is 7.20. The van der Waals surface area contributed by atoms with Crippen LogP contribution in [-0.2, 0) is 21.7 Å². The Bertz CT molecular complexity index is 911. The van der Waals surface area contributed by atoms with Crippen molar-refractivity contribution in [2.45, 2.75) is 6.04 Å². The summed E-state index contributed by atoms with van der Waals surface area (Å²) in [6.45, 7) is -0.171. The fourth-order valence-electron chi connectivity index (χ4n) is 2.98. The zero-order valence-electron chi connectivity index (χ0n) is 12.8. The van der Waals surface area contributed by atoms with Crippen molar-refractivity contribution in [1.82, 2.24) is 9.47 Å². The van der Waals surface area contributed by atoms with Gasteiger partial charge < -0.3 is 14.6 Å². The van der Waals surface area contributed by atoms with Gasteiger partial charge in [-0.2, -0.15) is 0 Å². The van der Waals surface area contributed by atoms with Crippen LogP contribution in [-0.4, -0.2) is 59.0 Å². The van der Waals surface area contributed by atoms with E-state index in [4.69, 9.17) is 11.6 Å². The summed E-state index contributed by atoms with van der Waals surface area (Å²) in [7, 11) is -1.82. The molecular weight excluding hydrogens is 356 g/mol. The number of aromatic nitrogens is 1. The minimum Gasteiger partial charge on any atom is -0.480 e. The van der Waals surface area contributed by atoms with Crippen molar-refractivity contribution in [3.8, 4) is 0 Å². The molecule has 1 N–H and O–H groups in total. The first-order valence-corrected chi connectivity index (χ1v) is 9.40. The average Bonchev–Trinajstić information content (AvgIpc) is 2.78. The average molecular weight is 371 g/mol. The summed E-state index contributed by atoms with van der Waals surface area (Å²) in [5.74, 6) is -2.78. The number of carbonyl (C=O) groups excluding carboxylic acids is 1. The minimum atomic E-state index is -3.48. The molecule has 1 fully saturated rings. The fraction of sp³-hybridized carbons (Fsp3) is 0.333. The normalized spacial score (nSPS) is 20.2. The molecule has 1 aliphatic heterocycles. The molecule has 1 aromatic carbocycles. The highest BCUT2D eigenvalue weighted by atomic mass is 35.5. The lowest BCUT2D eigenvalue weighted by molar-refractivity contribution is -0.141. The summed E-state index contributed by atoms with van der Waals surface area (Å²) in [4.78, 5) is 25.4. The number of fused-ring (bicyclic) bond motifs is 1. The number of nitrogens with zero attached hydrogens (tertiary/aromatic N) is 2. The molecule has 1 aliphatic rings. The zero-order chi connectivity index (χ0) is 17.6. The van der Waals surface area contributed by atoms with Gasteiger partial charge in [0.2, 0.25) is 0 Å². The second-order valence-electron chi connectivity index (χ2n) is 5.71. The van der Waals surface area contributed by atoms with E-state index in [0.717, 1.165) is 10.4 Å². The lowest BCUT2D eigenvalue weighted by atomic mass is 10.2. The van der Waals surface area contributed by atoms with Gasteiger partial charge in [-0.1, -0.05) is 29.8 Å². The van der Waals surface area contributed by atoms with Crippen molar-refractivity contribution in [3.05, 3.63) is 35.0 Å². The number of carboxylic acid groups (broad SMARTS) is 1. The topological polar surface area (TPSA) is 96.7 Å². The third kappa shape index (κ3) is 2.65. The van der Waals surface area contributed by atoms with Crippen LogP contribution < -0.4 is 0 Å². The van der Waals surface area contributed by atoms with Gasteiger partial charge >= 0.3 is 5.97 Å². The maximum atomic E-state index is 12.9. The maximum absolute atomic E-state index is 12.9. The molecule has 0 bridgehead atoms. The van der Waals surface area contributed by atoms with Crippen molar-refractivity contribution in [2.75, 3.05) is 18.1 Å². The van der Waals surface area contributed by atoms with E-state index in [2.05, 4.69) is 0 Å². The highest BCUT2D eigenvalue weighted by Gasteiger charge is 2.40. The van der Waals surface area contributed by atoms with Crippen LogP contribution in [0.15, 0.2) is 24.3 Å². The van der Waals surface area contributed by atoms with Crippen LogP contribution in [0.1, 0.15) is 10.5 Å². The molecule has 9 heteroatoms. The molecule has 1 saturated heterocycles. The number of halogens is 1. The minimum absolute atomic E-state index is 0.156. The van der Waals surface area contributed by atoms with Crippen LogP contribution in [0.3, 0.4) is 0 Å². The summed E-state index contributed by atoms with van der Waals surface area (Å²) < 4.78 is 25.0. The number of sulfone groups is 1. The van der Waals surface area contributed by atoms with Crippen LogP contribution in [0.5, 0.6) is 0 Å². The van der Waals surface area contributed by atoms with Crippen LogP contribution in [0.25, 0.3) is 10.9 Å². The Kier molecular flexibility index (Phi) is 4.05. The summed E-state index contributed by atoms with van der Waals surface area (Å²) >= 11 is 6.33. The molecule has 2 aromatic rings. The van der Waals surface area contributed by atoms with E-state index in [1.54, 1.807) is 35.9 Å². The lowest BCUT2D eigenvalue weighted by Gasteiger charge is -2.32. The highest BCUT2D eigenvalue weighted by molar-refractivity contribution is 7.91. The Morgan fingerprint density at radius 2 is 1.96 bits per heavy atom. The zero-order valence-corrected chi connectivity index (χ0v) is 14.3. The summed E-state index contributed by atoms with van der Waals surface area (Å²) in [6.07, 6.45) is 0. The Hall–Kier alpha value is -2.06. The molecule has 0 radical (unpaired) electrons. The molecule has 7 nitrogen and oxygen atoms in total. The molecule has 24 heavy (non-hydrogen) atoms. The van der Waals surface area contributed by atoms with E-state index in [0.29, 0.717) is 5.39 Å². The number of aliphatic carboxylic acids is 1. The molecule has 2 heterocycles. The third-order valence-corrected chi connectivity index (χ3v) is 6.24. The molecule has 0 saturated carbocycles. The van der Waals surface area contributed by atoms with Gasteiger partial charge in [-0.15, -0.1) is 0 Å². The van der Waals surface area contributed by atoms with Crippen molar-refractivity contribution < 1.29 is 23.1 Å². The van der Waals surface area contributed by atoms with Crippen molar-refractivity contribution in [3.63, 3.8) is 0 Å². The molecule has 1 unspecified atom stereocenters. The second kappa shape index (κ2) is 5.78. The fourth-order valence-corrected chi connectivity index (χ4v) is 4.79. The molecule has 1 aromatic heterocycles.